The van der Waals surface area contributed by atoms with Gasteiger partial charge in [0.25, 0.3) is 0 Å². The number of fused-ring (bicyclic) bond motifs is 2. The Hall–Kier alpha value is -2.41. The van der Waals surface area contributed by atoms with Crippen LogP contribution in [0.4, 0.5) is 5.13 Å². The molecule has 2 bridgehead atoms. The number of rotatable bonds is 5. The third kappa shape index (κ3) is 2.96. The molecule has 1 aromatic heterocycles. The van der Waals surface area contributed by atoms with Crippen LogP contribution in [-0.4, -0.2) is 24.0 Å². The van der Waals surface area contributed by atoms with Gasteiger partial charge in [0.05, 0.1) is 12.8 Å². The van der Waals surface area contributed by atoms with E-state index in [2.05, 4.69) is 10.3 Å². The molecule has 0 saturated heterocycles. The average Bonchev–Trinajstić information content (AvgIpc) is 3.37. The number of carbonyl (C=O) groups is 2. The zero-order chi connectivity index (χ0) is 18.3. The van der Waals surface area contributed by atoms with Gasteiger partial charge in [-0.05, 0) is 55.4 Å². The number of carboxylic acid groups (broad SMARTS) is 1. The average molecular weight is 371 g/mol. The van der Waals surface area contributed by atoms with E-state index in [1.165, 1.54) is 11.3 Å². The van der Waals surface area contributed by atoms with Crippen molar-refractivity contribution in [3.63, 3.8) is 0 Å². The van der Waals surface area contributed by atoms with Crippen molar-refractivity contribution in [2.75, 3.05) is 12.4 Å². The van der Waals surface area contributed by atoms with Crippen LogP contribution >= 0.6 is 11.3 Å². The van der Waals surface area contributed by atoms with Crippen molar-refractivity contribution in [2.45, 2.75) is 19.3 Å². The van der Waals surface area contributed by atoms with Crippen LogP contribution in [0.15, 0.2) is 29.6 Å². The molecule has 0 radical (unpaired) electrons. The summed E-state index contributed by atoms with van der Waals surface area (Å²) >= 11 is 1.33. The van der Waals surface area contributed by atoms with Crippen molar-refractivity contribution in [1.29, 1.82) is 0 Å². The predicted octanol–water partition coefficient (Wildman–Crippen LogP) is 2.17. The Morgan fingerprint density at radius 1 is 1.19 bits per heavy atom. The van der Waals surface area contributed by atoms with E-state index in [0.717, 1.165) is 36.3 Å². The number of thiazole rings is 1. The molecule has 2 fully saturated rings. The number of nitrogens with one attached hydrogen (secondary N) is 1. The number of aromatic nitrogens is 1. The summed E-state index contributed by atoms with van der Waals surface area (Å²) in [7, 11) is 1.61. The highest BCUT2D eigenvalue weighted by Crippen LogP contribution is 2.52. The molecule has 1 heterocycles. The summed E-state index contributed by atoms with van der Waals surface area (Å²) in [5.74, 6) is -1.54. The van der Waals surface area contributed by atoms with E-state index in [4.69, 9.17) is 4.74 Å². The first-order chi connectivity index (χ1) is 12.6. The first-order valence-corrected chi connectivity index (χ1v) is 9.56. The minimum atomic E-state index is -1.10. The lowest BCUT2D eigenvalue weighted by Crippen LogP contribution is -2.43. The van der Waals surface area contributed by atoms with Crippen LogP contribution in [0.5, 0.6) is 5.75 Å². The van der Waals surface area contributed by atoms with E-state index < -0.39 is 17.8 Å². The highest BCUT2D eigenvalue weighted by atomic mass is 32.1. The van der Waals surface area contributed by atoms with Crippen molar-refractivity contribution in [3.05, 3.63) is 29.6 Å². The lowest BCUT2D eigenvalue weighted by molar-refractivity contribution is -0.314. The number of aliphatic carboxylic acids is 1. The zero-order valence-corrected chi connectivity index (χ0v) is 15.1. The number of benzene rings is 1. The molecular weight excluding hydrogens is 352 g/mol. The van der Waals surface area contributed by atoms with Crippen LogP contribution in [0.2, 0.25) is 0 Å². The van der Waals surface area contributed by atoms with Gasteiger partial charge < -0.3 is 20.0 Å². The molecule has 2 aliphatic carbocycles. The first kappa shape index (κ1) is 17.0. The normalized spacial score (nSPS) is 26.7. The van der Waals surface area contributed by atoms with Crippen LogP contribution < -0.4 is 15.2 Å². The number of anilines is 1. The third-order valence-electron chi connectivity index (χ3n) is 5.61. The number of methoxy groups -OCH3 is 1. The Kier molecular flexibility index (Phi) is 4.40. The van der Waals surface area contributed by atoms with Crippen molar-refractivity contribution < 1.29 is 19.4 Å². The number of carbonyl (C=O) groups excluding carboxylic acids is 2. The fraction of sp³-hybridized carbons (Fsp3) is 0.421. The van der Waals surface area contributed by atoms with E-state index in [9.17, 15) is 14.7 Å². The maximum absolute atomic E-state index is 12.7. The molecule has 4 rings (SSSR count). The predicted molar refractivity (Wildman–Crippen MR) is 95.5 cm³/mol. The smallest absolute Gasteiger partial charge is 0.230 e. The summed E-state index contributed by atoms with van der Waals surface area (Å²) in [5.41, 5.74) is 1.69. The maximum atomic E-state index is 12.7. The Morgan fingerprint density at radius 3 is 2.54 bits per heavy atom. The Morgan fingerprint density at radius 2 is 1.88 bits per heavy atom. The summed E-state index contributed by atoms with van der Waals surface area (Å²) in [4.78, 5) is 28.6. The number of amides is 1. The molecule has 1 aromatic carbocycles. The second-order valence-corrected chi connectivity index (χ2v) is 7.82. The molecule has 6 nitrogen and oxygen atoms in total. The van der Waals surface area contributed by atoms with Gasteiger partial charge in [-0.15, -0.1) is 11.3 Å². The fourth-order valence-electron chi connectivity index (χ4n) is 4.42. The molecule has 1 N–H and O–H groups in total. The molecule has 2 aromatic rings. The molecule has 26 heavy (non-hydrogen) atoms. The molecule has 2 aliphatic rings. The van der Waals surface area contributed by atoms with Crippen LogP contribution in [0.1, 0.15) is 19.3 Å². The largest absolute Gasteiger partial charge is 0.550 e. The van der Waals surface area contributed by atoms with Gasteiger partial charge in [-0.3, -0.25) is 4.79 Å². The van der Waals surface area contributed by atoms with Gasteiger partial charge in [0.2, 0.25) is 5.91 Å². The number of hydrogen-bond acceptors (Lipinski definition) is 6. The molecule has 0 unspecified atom stereocenters. The number of carboxylic acids is 1. The minimum Gasteiger partial charge on any atom is -0.550 e. The van der Waals surface area contributed by atoms with Crippen LogP contribution in [-0.2, 0) is 9.59 Å². The standard InChI is InChI=1S/C19H20N2O4S/c1-25-13-6-4-10(5-7-13)14-9-26-19(20-14)21-17(22)15-11-2-3-12(8-11)16(15)18(23)24/h4-7,9,11-12,15-16H,2-3,8H2,1H3,(H,23,24)(H,20,21,22)/p-1/t11-,12-,15-,16-/m0/s1. The van der Waals surface area contributed by atoms with Crippen molar-refractivity contribution in [2.24, 2.45) is 23.7 Å². The summed E-state index contributed by atoms with van der Waals surface area (Å²) in [6.45, 7) is 0. The minimum absolute atomic E-state index is 0.0758. The van der Waals surface area contributed by atoms with Crippen LogP contribution in [0.3, 0.4) is 0 Å². The van der Waals surface area contributed by atoms with Crippen molar-refractivity contribution in [1.82, 2.24) is 4.98 Å². The van der Waals surface area contributed by atoms with Crippen molar-refractivity contribution >= 4 is 28.3 Å². The second-order valence-electron chi connectivity index (χ2n) is 6.96. The van der Waals surface area contributed by atoms with Gasteiger partial charge in [-0.1, -0.05) is 0 Å². The Labute approximate surface area is 155 Å². The summed E-state index contributed by atoms with van der Waals surface area (Å²) in [6.07, 6.45) is 2.61. The lowest BCUT2D eigenvalue weighted by atomic mass is 9.79. The Balaban J connectivity index is 1.48. The molecule has 136 valence electrons. The topological polar surface area (TPSA) is 91.3 Å². The van der Waals surface area contributed by atoms with E-state index in [-0.39, 0.29) is 17.7 Å². The zero-order valence-electron chi connectivity index (χ0n) is 14.3. The Bertz CT molecular complexity index is 832. The van der Waals surface area contributed by atoms with E-state index >= 15 is 0 Å². The molecule has 1 amide bonds. The van der Waals surface area contributed by atoms with E-state index in [0.29, 0.717) is 5.13 Å². The van der Waals surface area contributed by atoms with Gasteiger partial charge in [0.15, 0.2) is 5.13 Å². The molecule has 2 saturated carbocycles. The fourth-order valence-corrected chi connectivity index (χ4v) is 5.14. The van der Waals surface area contributed by atoms with Crippen LogP contribution in [0, 0.1) is 23.7 Å². The lowest BCUT2D eigenvalue weighted by Gasteiger charge is -2.30. The van der Waals surface area contributed by atoms with E-state index in [1.54, 1.807) is 7.11 Å². The number of nitrogens with zero attached hydrogens (tertiary/aromatic N) is 1. The molecule has 0 spiro atoms. The maximum Gasteiger partial charge on any atom is 0.230 e. The highest BCUT2D eigenvalue weighted by molar-refractivity contribution is 7.14. The van der Waals surface area contributed by atoms with E-state index in [1.807, 2.05) is 29.6 Å². The van der Waals surface area contributed by atoms with Crippen molar-refractivity contribution in [3.8, 4) is 17.0 Å². The van der Waals surface area contributed by atoms with Gasteiger partial charge in [-0.25, -0.2) is 4.98 Å². The van der Waals surface area contributed by atoms with Gasteiger partial charge in [-0.2, -0.15) is 0 Å². The first-order valence-electron chi connectivity index (χ1n) is 8.68. The van der Waals surface area contributed by atoms with Gasteiger partial charge >= 0.3 is 0 Å². The highest BCUT2D eigenvalue weighted by Gasteiger charge is 2.51. The molecule has 0 aliphatic heterocycles. The second kappa shape index (κ2) is 6.72. The number of ether oxygens (including phenoxy) is 1. The monoisotopic (exact) mass is 371 g/mol. The number of hydrogen-bond donors (Lipinski definition) is 1. The van der Waals surface area contributed by atoms with Crippen LogP contribution in [0.25, 0.3) is 11.3 Å². The third-order valence-corrected chi connectivity index (χ3v) is 6.37. The summed E-state index contributed by atoms with van der Waals surface area (Å²) < 4.78 is 5.15. The quantitative estimate of drug-likeness (QED) is 0.870. The van der Waals surface area contributed by atoms with Gasteiger partial charge in [0.1, 0.15) is 5.75 Å². The SMILES string of the molecule is COc1ccc(-c2csc(NC(=O)[C@H]3[C@H]4CC[C@@H](C4)[C@@H]3C(=O)[O-])n2)cc1. The molecule has 7 heteroatoms. The summed E-state index contributed by atoms with van der Waals surface area (Å²) in [5, 5.41) is 16.7. The molecule has 4 atom stereocenters. The summed E-state index contributed by atoms with van der Waals surface area (Å²) in [6, 6.07) is 7.52. The van der Waals surface area contributed by atoms with Gasteiger partial charge in [0, 0.05) is 28.7 Å². The molecular formula is C19H19N2O4S-.